The third kappa shape index (κ3) is 3.83. The number of carbonyl (C=O) groups excluding carboxylic acids is 1. The van der Waals surface area contributed by atoms with Crippen LogP contribution >= 0.6 is 0 Å². The first-order chi connectivity index (χ1) is 14.6. The highest BCUT2D eigenvalue weighted by Gasteiger charge is 2.28. The summed E-state index contributed by atoms with van der Waals surface area (Å²) < 4.78 is 6.79. The van der Waals surface area contributed by atoms with Crippen LogP contribution in [0.5, 0.6) is 0 Å². The topological polar surface area (TPSA) is 54.8 Å². The van der Waals surface area contributed by atoms with Gasteiger partial charge in [-0.25, -0.2) is 4.79 Å². The molecule has 1 fully saturated rings. The standard InChI is InChI=1S/C24H27N3O3/c1-3-30-24(29)21-22(19-11-7-8-12-20(19)25(2)23(21)28)27-15-13-26(14-16-27)17-18-9-5-4-6-10-18/h4-12H,3,13-17H2,1-2H3. The van der Waals surface area contributed by atoms with E-state index in [1.165, 1.54) is 10.1 Å². The van der Waals surface area contributed by atoms with Crippen LogP contribution in [0.15, 0.2) is 59.4 Å². The highest BCUT2D eigenvalue weighted by molar-refractivity contribution is 6.05. The minimum absolute atomic E-state index is 0.134. The molecule has 2 aromatic carbocycles. The zero-order chi connectivity index (χ0) is 21.1. The maximum Gasteiger partial charge on any atom is 0.345 e. The zero-order valence-electron chi connectivity index (χ0n) is 17.5. The number of esters is 1. The summed E-state index contributed by atoms with van der Waals surface area (Å²) in [6.07, 6.45) is 0. The number of aromatic nitrogens is 1. The van der Waals surface area contributed by atoms with Gasteiger partial charge in [0.25, 0.3) is 5.56 Å². The third-order valence-corrected chi connectivity index (χ3v) is 5.69. The Balaban J connectivity index is 1.68. The molecule has 0 amide bonds. The molecule has 4 rings (SSSR count). The van der Waals surface area contributed by atoms with Crippen LogP contribution in [0.2, 0.25) is 0 Å². The van der Waals surface area contributed by atoms with Crippen molar-refractivity contribution in [1.29, 1.82) is 0 Å². The van der Waals surface area contributed by atoms with E-state index in [2.05, 4.69) is 34.1 Å². The number of carbonyl (C=O) groups is 1. The Morgan fingerprint density at radius 2 is 1.63 bits per heavy atom. The lowest BCUT2D eigenvalue weighted by atomic mass is 10.1. The lowest BCUT2D eigenvalue weighted by Gasteiger charge is -2.37. The molecule has 0 aliphatic carbocycles. The van der Waals surface area contributed by atoms with Gasteiger partial charge < -0.3 is 14.2 Å². The SMILES string of the molecule is CCOC(=O)c1c(N2CCN(Cc3ccccc3)CC2)c2ccccc2n(C)c1=O. The largest absolute Gasteiger partial charge is 0.462 e. The van der Waals surface area contributed by atoms with Crippen LogP contribution in [0, 0.1) is 0 Å². The first-order valence-electron chi connectivity index (χ1n) is 10.4. The fourth-order valence-corrected chi connectivity index (χ4v) is 4.17. The molecular formula is C24H27N3O3. The average Bonchev–Trinajstić information content (AvgIpc) is 2.77. The van der Waals surface area contributed by atoms with Gasteiger partial charge in [0.15, 0.2) is 0 Å². The van der Waals surface area contributed by atoms with Crippen LogP contribution in [0.3, 0.4) is 0 Å². The number of anilines is 1. The maximum atomic E-state index is 13.1. The van der Waals surface area contributed by atoms with Crippen LogP contribution in [-0.2, 0) is 18.3 Å². The van der Waals surface area contributed by atoms with Crippen molar-refractivity contribution in [2.75, 3.05) is 37.7 Å². The Hall–Kier alpha value is -3.12. The molecule has 2 heterocycles. The van der Waals surface area contributed by atoms with Gasteiger partial charge in [0.05, 0.1) is 17.8 Å². The number of fused-ring (bicyclic) bond motifs is 1. The van der Waals surface area contributed by atoms with E-state index >= 15 is 0 Å². The van der Waals surface area contributed by atoms with E-state index < -0.39 is 5.97 Å². The van der Waals surface area contributed by atoms with Crippen molar-refractivity contribution in [3.63, 3.8) is 0 Å². The van der Waals surface area contributed by atoms with E-state index in [0.717, 1.165) is 43.6 Å². The lowest BCUT2D eigenvalue weighted by Crippen LogP contribution is -2.47. The molecule has 0 N–H and O–H groups in total. The predicted octanol–water partition coefficient (Wildman–Crippen LogP) is 3.04. The van der Waals surface area contributed by atoms with Gasteiger partial charge in [-0.1, -0.05) is 48.5 Å². The van der Waals surface area contributed by atoms with E-state index in [4.69, 9.17) is 4.74 Å². The number of rotatable bonds is 5. The molecule has 3 aromatic rings. The van der Waals surface area contributed by atoms with Gasteiger partial charge in [0.2, 0.25) is 0 Å². The molecule has 0 bridgehead atoms. The molecule has 6 nitrogen and oxygen atoms in total. The molecule has 0 saturated carbocycles. The van der Waals surface area contributed by atoms with E-state index in [1.807, 2.05) is 30.3 Å². The molecular weight excluding hydrogens is 378 g/mol. The predicted molar refractivity (Wildman–Crippen MR) is 119 cm³/mol. The van der Waals surface area contributed by atoms with Crippen molar-refractivity contribution in [2.24, 2.45) is 7.05 Å². The van der Waals surface area contributed by atoms with E-state index in [-0.39, 0.29) is 17.7 Å². The normalized spacial score (nSPS) is 14.8. The van der Waals surface area contributed by atoms with Gasteiger partial charge >= 0.3 is 5.97 Å². The van der Waals surface area contributed by atoms with E-state index in [1.54, 1.807) is 14.0 Å². The van der Waals surface area contributed by atoms with Gasteiger partial charge in [0.1, 0.15) is 5.56 Å². The molecule has 156 valence electrons. The van der Waals surface area contributed by atoms with E-state index in [0.29, 0.717) is 5.69 Å². The van der Waals surface area contributed by atoms with Crippen LogP contribution in [0.1, 0.15) is 22.8 Å². The summed E-state index contributed by atoms with van der Waals surface area (Å²) in [7, 11) is 1.70. The Morgan fingerprint density at radius 3 is 2.33 bits per heavy atom. The highest BCUT2D eigenvalue weighted by atomic mass is 16.5. The Kier molecular flexibility index (Phi) is 5.86. The lowest BCUT2D eigenvalue weighted by molar-refractivity contribution is 0.0524. The fourth-order valence-electron chi connectivity index (χ4n) is 4.17. The molecule has 6 heteroatoms. The second kappa shape index (κ2) is 8.71. The van der Waals surface area contributed by atoms with E-state index in [9.17, 15) is 9.59 Å². The summed E-state index contributed by atoms with van der Waals surface area (Å²) in [4.78, 5) is 30.4. The van der Waals surface area contributed by atoms with Crippen molar-refractivity contribution in [1.82, 2.24) is 9.47 Å². The number of hydrogen-bond donors (Lipinski definition) is 0. The molecule has 1 aliphatic rings. The van der Waals surface area contributed by atoms with Crippen LogP contribution in [0.25, 0.3) is 10.9 Å². The zero-order valence-corrected chi connectivity index (χ0v) is 17.5. The molecule has 30 heavy (non-hydrogen) atoms. The molecule has 0 unspecified atom stereocenters. The first-order valence-corrected chi connectivity index (χ1v) is 10.4. The summed E-state index contributed by atoms with van der Waals surface area (Å²) in [5.74, 6) is -0.550. The van der Waals surface area contributed by atoms with Crippen LogP contribution < -0.4 is 10.5 Å². The summed E-state index contributed by atoms with van der Waals surface area (Å²) in [6, 6.07) is 18.2. The second-order valence-corrected chi connectivity index (χ2v) is 7.57. The fraction of sp³-hybridized carbons (Fsp3) is 0.333. The van der Waals surface area contributed by atoms with Crippen LogP contribution in [-0.4, -0.2) is 48.2 Å². The molecule has 0 radical (unpaired) electrons. The van der Waals surface area contributed by atoms with Crippen molar-refractivity contribution in [3.8, 4) is 0 Å². The Labute approximate surface area is 176 Å². The smallest absolute Gasteiger partial charge is 0.345 e. The number of pyridine rings is 1. The van der Waals surface area contributed by atoms with Crippen molar-refractivity contribution in [3.05, 3.63) is 76.1 Å². The number of benzene rings is 2. The minimum atomic E-state index is -0.550. The molecule has 1 aliphatic heterocycles. The number of ether oxygens (including phenoxy) is 1. The first kappa shape index (κ1) is 20.2. The monoisotopic (exact) mass is 405 g/mol. The number of piperazine rings is 1. The average molecular weight is 405 g/mol. The summed E-state index contributed by atoms with van der Waals surface area (Å²) in [6.45, 7) is 6.11. The highest BCUT2D eigenvalue weighted by Crippen LogP contribution is 2.30. The van der Waals surface area contributed by atoms with Gasteiger partial charge in [0, 0.05) is 45.2 Å². The van der Waals surface area contributed by atoms with Crippen molar-refractivity contribution < 1.29 is 9.53 Å². The van der Waals surface area contributed by atoms with Gasteiger partial charge in [-0.3, -0.25) is 9.69 Å². The number of para-hydroxylation sites is 1. The quantitative estimate of drug-likeness (QED) is 0.611. The van der Waals surface area contributed by atoms with Crippen molar-refractivity contribution >= 4 is 22.6 Å². The number of aryl methyl sites for hydroxylation is 1. The third-order valence-electron chi connectivity index (χ3n) is 5.69. The number of nitrogens with zero attached hydrogens (tertiary/aromatic N) is 3. The minimum Gasteiger partial charge on any atom is -0.462 e. The summed E-state index contributed by atoms with van der Waals surface area (Å²) in [5.41, 5.74) is 2.63. The molecule has 1 saturated heterocycles. The van der Waals surface area contributed by atoms with Crippen molar-refractivity contribution in [2.45, 2.75) is 13.5 Å². The molecule has 0 atom stereocenters. The maximum absolute atomic E-state index is 13.1. The Morgan fingerprint density at radius 1 is 0.967 bits per heavy atom. The molecule has 1 aromatic heterocycles. The van der Waals surface area contributed by atoms with Gasteiger partial charge in [-0.15, -0.1) is 0 Å². The molecule has 0 spiro atoms. The second-order valence-electron chi connectivity index (χ2n) is 7.57. The Bertz CT molecular complexity index is 1100. The van der Waals surface area contributed by atoms with Gasteiger partial charge in [-0.2, -0.15) is 0 Å². The van der Waals surface area contributed by atoms with Gasteiger partial charge in [-0.05, 0) is 18.6 Å². The number of hydrogen-bond acceptors (Lipinski definition) is 5. The summed E-state index contributed by atoms with van der Waals surface area (Å²) >= 11 is 0. The van der Waals surface area contributed by atoms with Crippen LogP contribution in [0.4, 0.5) is 5.69 Å². The summed E-state index contributed by atoms with van der Waals surface area (Å²) in [5, 5.41) is 0.902.